The summed E-state index contributed by atoms with van der Waals surface area (Å²) in [5.74, 6) is -0.456. The SMILES string of the molecule is CCC1(c2ccccc2)NC(=O)N(NC(=O)CSc2nc(C)c(C)n2CC(C)C)C1=O. The lowest BCUT2D eigenvalue weighted by Gasteiger charge is -2.25. The molecule has 2 N–H and O–H groups in total. The number of aryl methyl sites for hydroxylation is 1. The van der Waals surface area contributed by atoms with Crippen LogP contribution in [0.15, 0.2) is 35.5 Å². The molecule has 31 heavy (non-hydrogen) atoms. The van der Waals surface area contributed by atoms with Crippen LogP contribution in [0.4, 0.5) is 4.79 Å². The van der Waals surface area contributed by atoms with Crippen molar-refractivity contribution in [1.82, 2.24) is 25.3 Å². The highest BCUT2D eigenvalue weighted by molar-refractivity contribution is 7.99. The van der Waals surface area contributed by atoms with Gasteiger partial charge in [0.1, 0.15) is 5.54 Å². The Bertz CT molecular complexity index is 989. The average Bonchev–Trinajstić information content (AvgIpc) is 3.15. The van der Waals surface area contributed by atoms with Gasteiger partial charge in [-0.25, -0.2) is 9.78 Å². The number of carbonyl (C=O) groups excluding carboxylic acids is 3. The Morgan fingerprint density at radius 2 is 1.90 bits per heavy atom. The van der Waals surface area contributed by atoms with E-state index in [1.807, 2.05) is 39.0 Å². The van der Waals surface area contributed by atoms with Crippen LogP contribution in [-0.2, 0) is 21.7 Å². The number of urea groups is 1. The largest absolute Gasteiger partial charge is 0.344 e. The molecule has 0 bridgehead atoms. The van der Waals surface area contributed by atoms with Gasteiger partial charge in [-0.05, 0) is 31.7 Å². The number of hydrogen-bond donors (Lipinski definition) is 2. The van der Waals surface area contributed by atoms with E-state index in [1.54, 1.807) is 12.1 Å². The van der Waals surface area contributed by atoms with E-state index in [-0.39, 0.29) is 5.75 Å². The Labute approximate surface area is 186 Å². The second-order valence-corrected chi connectivity index (χ2v) is 9.03. The minimum atomic E-state index is -1.18. The quantitative estimate of drug-likeness (QED) is 0.483. The number of thioether (sulfide) groups is 1. The number of aromatic nitrogens is 2. The number of imide groups is 1. The van der Waals surface area contributed by atoms with Crippen molar-refractivity contribution >= 4 is 29.6 Å². The van der Waals surface area contributed by atoms with Gasteiger partial charge in [0, 0.05) is 12.2 Å². The van der Waals surface area contributed by atoms with Gasteiger partial charge in [0.15, 0.2) is 5.16 Å². The minimum Gasteiger partial charge on any atom is -0.323 e. The van der Waals surface area contributed by atoms with Gasteiger partial charge in [-0.3, -0.25) is 15.0 Å². The molecule has 1 aliphatic rings. The third-order valence-corrected chi connectivity index (χ3v) is 6.40. The van der Waals surface area contributed by atoms with Crippen molar-refractivity contribution in [3.8, 4) is 0 Å². The molecule has 2 aromatic rings. The maximum absolute atomic E-state index is 13.1. The maximum Gasteiger partial charge on any atom is 0.344 e. The molecular formula is C22H29N5O3S. The molecular weight excluding hydrogens is 414 g/mol. The Morgan fingerprint density at radius 3 is 2.52 bits per heavy atom. The summed E-state index contributed by atoms with van der Waals surface area (Å²) < 4.78 is 2.10. The van der Waals surface area contributed by atoms with Crippen LogP contribution in [0.3, 0.4) is 0 Å². The first kappa shape index (κ1) is 22.9. The van der Waals surface area contributed by atoms with E-state index in [9.17, 15) is 14.4 Å². The summed E-state index contributed by atoms with van der Waals surface area (Å²) in [5.41, 5.74) is 3.96. The number of rotatable bonds is 8. The van der Waals surface area contributed by atoms with Gasteiger partial charge in [-0.1, -0.05) is 62.9 Å². The van der Waals surface area contributed by atoms with Crippen LogP contribution in [0.2, 0.25) is 0 Å². The normalized spacial score (nSPS) is 18.6. The summed E-state index contributed by atoms with van der Waals surface area (Å²) in [7, 11) is 0. The molecule has 2 heterocycles. The van der Waals surface area contributed by atoms with Crippen molar-refractivity contribution in [2.45, 2.75) is 58.3 Å². The summed E-state index contributed by atoms with van der Waals surface area (Å²) in [6.07, 6.45) is 0.369. The van der Waals surface area contributed by atoms with Crippen molar-refractivity contribution in [2.24, 2.45) is 5.92 Å². The molecule has 0 radical (unpaired) electrons. The maximum atomic E-state index is 13.1. The molecule has 3 rings (SSSR count). The van der Waals surface area contributed by atoms with Gasteiger partial charge in [0.25, 0.3) is 5.91 Å². The summed E-state index contributed by atoms with van der Waals surface area (Å²) >= 11 is 1.29. The Kier molecular flexibility index (Phi) is 6.74. The van der Waals surface area contributed by atoms with Crippen LogP contribution in [-0.4, -0.2) is 38.2 Å². The first-order chi connectivity index (χ1) is 14.7. The number of hydrogen-bond acceptors (Lipinski definition) is 5. The van der Waals surface area contributed by atoms with Crippen molar-refractivity contribution in [2.75, 3.05) is 5.75 Å². The lowest BCUT2D eigenvalue weighted by atomic mass is 9.87. The molecule has 0 saturated carbocycles. The third-order valence-electron chi connectivity index (χ3n) is 5.43. The number of imidazole rings is 1. The molecule has 4 amide bonds. The van der Waals surface area contributed by atoms with Crippen molar-refractivity contribution in [1.29, 1.82) is 0 Å². The number of carbonyl (C=O) groups is 3. The van der Waals surface area contributed by atoms with E-state index in [1.165, 1.54) is 11.8 Å². The van der Waals surface area contributed by atoms with Crippen LogP contribution >= 0.6 is 11.8 Å². The lowest BCUT2D eigenvalue weighted by Crippen LogP contribution is -2.49. The van der Waals surface area contributed by atoms with Crippen LogP contribution in [0.1, 0.15) is 44.1 Å². The van der Waals surface area contributed by atoms with Gasteiger partial charge >= 0.3 is 6.03 Å². The third kappa shape index (κ3) is 4.46. The monoisotopic (exact) mass is 443 g/mol. The number of nitrogens with one attached hydrogen (secondary N) is 2. The molecule has 1 aliphatic heterocycles. The van der Waals surface area contributed by atoms with Crippen molar-refractivity contribution < 1.29 is 14.4 Å². The molecule has 1 aromatic heterocycles. The van der Waals surface area contributed by atoms with E-state index in [0.717, 1.165) is 28.1 Å². The molecule has 1 fully saturated rings. The molecule has 0 aliphatic carbocycles. The second kappa shape index (κ2) is 9.13. The lowest BCUT2D eigenvalue weighted by molar-refractivity contribution is -0.138. The van der Waals surface area contributed by atoms with E-state index in [0.29, 0.717) is 17.9 Å². The summed E-state index contributed by atoms with van der Waals surface area (Å²) in [6.45, 7) is 10.8. The summed E-state index contributed by atoms with van der Waals surface area (Å²) in [4.78, 5) is 42.8. The summed E-state index contributed by atoms with van der Waals surface area (Å²) in [5, 5.41) is 4.29. The fraction of sp³-hybridized carbons (Fsp3) is 0.455. The zero-order valence-corrected chi connectivity index (χ0v) is 19.4. The topological polar surface area (TPSA) is 96.3 Å². The predicted molar refractivity (Wildman–Crippen MR) is 119 cm³/mol. The van der Waals surface area contributed by atoms with Crippen LogP contribution in [0, 0.1) is 19.8 Å². The van der Waals surface area contributed by atoms with Crippen molar-refractivity contribution in [3.63, 3.8) is 0 Å². The molecule has 8 nitrogen and oxygen atoms in total. The van der Waals surface area contributed by atoms with Crippen LogP contribution < -0.4 is 10.7 Å². The molecule has 1 saturated heterocycles. The predicted octanol–water partition coefficient (Wildman–Crippen LogP) is 3.14. The number of hydrazine groups is 1. The highest BCUT2D eigenvalue weighted by Crippen LogP contribution is 2.31. The number of amides is 4. The number of benzene rings is 1. The number of nitrogens with zero attached hydrogens (tertiary/aromatic N) is 3. The highest BCUT2D eigenvalue weighted by atomic mass is 32.2. The Hall–Kier alpha value is -2.81. The first-order valence-electron chi connectivity index (χ1n) is 10.4. The standard InChI is InChI=1S/C22H29N5O3S/c1-6-22(17-10-8-7-9-11-17)19(29)27(20(30)24-22)25-18(28)13-31-21-23-15(4)16(5)26(21)12-14(2)3/h7-11,14H,6,12-13H2,1-5H3,(H,24,30)(H,25,28). The van der Waals surface area contributed by atoms with Crippen LogP contribution in [0.5, 0.6) is 0 Å². The Balaban J connectivity index is 1.70. The molecule has 9 heteroatoms. The van der Waals surface area contributed by atoms with Crippen LogP contribution in [0.25, 0.3) is 0 Å². The van der Waals surface area contributed by atoms with Crippen molar-refractivity contribution in [3.05, 3.63) is 47.3 Å². The smallest absolute Gasteiger partial charge is 0.323 e. The van der Waals surface area contributed by atoms with Gasteiger partial charge < -0.3 is 9.88 Å². The Morgan fingerprint density at radius 1 is 1.23 bits per heavy atom. The fourth-order valence-electron chi connectivity index (χ4n) is 3.64. The molecule has 1 aromatic carbocycles. The minimum absolute atomic E-state index is 0.0372. The van der Waals surface area contributed by atoms with E-state index >= 15 is 0 Å². The fourth-order valence-corrected chi connectivity index (χ4v) is 4.53. The molecule has 1 unspecified atom stereocenters. The van der Waals surface area contributed by atoms with E-state index < -0.39 is 23.4 Å². The van der Waals surface area contributed by atoms with E-state index in [2.05, 4.69) is 34.1 Å². The highest BCUT2D eigenvalue weighted by Gasteiger charge is 2.52. The van der Waals surface area contributed by atoms with E-state index in [4.69, 9.17) is 0 Å². The van der Waals surface area contributed by atoms with Gasteiger partial charge in [0.05, 0.1) is 11.4 Å². The summed E-state index contributed by atoms with van der Waals surface area (Å²) in [6, 6.07) is 8.42. The van der Waals surface area contributed by atoms with Gasteiger partial charge in [0.2, 0.25) is 5.91 Å². The second-order valence-electron chi connectivity index (χ2n) is 8.09. The zero-order valence-electron chi connectivity index (χ0n) is 18.6. The van der Waals surface area contributed by atoms with Gasteiger partial charge in [-0.2, -0.15) is 5.01 Å². The first-order valence-corrected chi connectivity index (χ1v) is 11.4. The van der Waals surface area contributed by atoms with Gasteiger partial charge in [-0.15, -0.1) is 0 Å². The molecule has 0 spiro atoms. The molecule has 1 atom stereocenters. The molecule has 166 valence electrons. The zero-order chi connectivity index (χ0) is 22.8. The average molecular weight is 444 g/mol.